The first kappa shape index (κ1) is 15.6. The molecule has 4 rings (SSSR count). The van der Waals surface area contributed by atoms with Gasteiger partial charge in [-0.15, -0.1) is 0 Å². The summed E-state index contributed by atoms with van der Waals surface area (Å²) in [6, 6.07) is 9.45. The molecule has 0 saturated heterocycles. The van der Waals surface area contributed by atoms with Crippen LogP contribution in [-0.4, -0.2) is 12.0 Å². The maximum absolute atomic E-state index is 13.3. The van der Waals surface area contributed by atoms with Gasteiger partial charge in [0, 0.05) is 12.0 Å². The van der Waals surface area contributed by atoms with E-state index in [1.165, 1.54) is 18.2 Å². The second kappa shape index (κ2) is 5.88. The number of halogens is 1. The first-order valence-electron chi connectivity index (χ1n) is 8.14. The average molecular weight is 340 g/mol. The maximum atomic E-state index is 13.3. The number of nitro benzene ring substituents is 1. The van der Waals surface area contributed by atoms with E-state index >= 15 is 0 Å². The van der Waals surface area contributed by atoms with Crippen LogP contribution in [-0.2, 0) is 0 Å². The van der Waals surface area contributed by atoms with E-state index in [1.54, 1.807) is 25.3 Å². The fourth-order valence-electron chi connectivity index (χ4n) is 3.99. The summed E-state index contributed by atoms with van der Waals surface area (Å²) in [5.41, 5.74) is 2.38. The van der Waals surface area contributed by atoms with E-state index in [0.717, 1.165) is 12.0 Å². The molecule has 1 aliphatic carbocycles. The Morgan fingerprint density at radius 2 is 2.00 bits per heavy atom. The van der Waals surface area contributed by atoms with Crippen LogP contribution in [0.2, 0.25) is 0 Å². The van der Waals surface area contributed by atoms with Crippen LogP contribution >= 0.6 is 0 Å². The van der Waals surface area contributed by atoms with E-state index in [2.05, 4.69) is 11.4 Å². The molecule has 2 aliphatic rings. The van der Waals surface area contributed by atoms with Crippen molar-refractivity contribution in [3.63, 3.8) is 0 Å². The van der Waals surface area contributed by atoms with Gasteiger partial charge in [0.15, 0.2) is 0 Å². The zero-order valence-electron chi connectivity index (χ0n) is 13.6. The maximum Gasteiger partial charge on any atom is 0.275 e. The van der Waals surface area contributed by atoms with Gasteiger partial charge >= 0.3 is 0 Å². The number of methoxy groups -OCH3 is 1. The molecular weight excluding hydrogens is 323 g/mol. The molecule has 128 valence electrons. The largest absolute Gasteiger partial charge is 0.495 e. The Balaban J connectivity index is 1.87. The molecule has 0 bridgehead atoms. The van der Waals surface area contributed by atoms with Gasteiger partial charge in [-0.3, -0.25) is 10.1 Å². The lowest BCUT2D eigenvalue weighted by Gasteiger charge is -2.37. The molecule has 0 unspecified atom stereocenters. The molecular formula is C19H17FN2O3. The number of nitro groups is 1. The molecule has 0 amide bonds. The van der Waals surface area contributed by atoms with Crippen molar-refractivity contribution < 1.29 is 14.1 Å². The number of benzene rings is 2. The van der Waals surface area contributed by atoms with Crippen LogP contribution in [0.1, 0.15) is 29.5 Å². The molecule has 0 spiro atoms. The fourth-order valence-corrected chi connectivity index (χ4v) is 3.99. The van der Waals surface area contributed by atoms with Gasteiger partial charge in [-0.1, -0.05) is 24.3 Å². The number of hydrogen-bond donors (Lipinski definition) is 1. The molecule has 0 saturated carbocycles. The minimum atomic E-state index is -0.346. The summed E-state index contributed by atoms with van der Waals surface area (Å²) in [6.45, 7) is 0. The van der Waals surface area contributed by atoms with Crippen LogP contribution in [0.3, 0.4) is 0 Å². The number of allylic oxidation sites excluding steroid dienone is 2. The van der Waals surface area contributed by atoms with Gasteiger partial charge < -0.3 is 10.1 Å². The molecule has 3 atom stereocenters. The Bertz CT molecular complexity index is 864. The van der Waals surface area contributed by atoms with E-state index in [1.807, 2.05) is 6.08 Å². The first-order valence-corrected chi connectivity index (χ1v) is 8.14. The quantitative estimate of drug-likeness (QED) is 0.505. The molecule has 0 radical (unpaired) electrons. The molecule has 25 heavy (non-hydrogen) atoms. The zero-order valence-corrected chi connectivity index (χ0v) is 13.6. The Morgan fingerprint density at radius 3 is 2.68 bits per heavy atom. The van der Waals surface area contributed by atoms with Gasteiger partial charge in [0.2, 0.25) is 0 Å². The van der Waals surface area contributed by atoms with Crippen LogP contribution in [0.5, 0.6) is 5.75 Å². The highest BCUT2D eigenvalue weighted by molar-refractivity contribution is 5.73. The standard InChI is InChI=1S/C19H17FN2O3/c1-25-16-10-9-15(22(23)24)17-13-3-2-4-14(13)18(21-19(16)17)11-5-7-12(20)8-6-11/h2-3,5-10,13-14,18,21H,4H2,1H3/t13-,14+,18-/m1/s1. The minimum absolute atomic E-state index is 0.0657. The molecule has 5 nitrogen and oxygen atoms in total. The van der Waals surface area contributed by atoms with E-state index in [9.17, 15) is 14.5 Å². The Labute approximate surface area is 144 Å². The normalized spacial score (nSPS) is 23.5. The fraction of sp³-hybridized carbons (Fsp3) is 0.263. The summed E-state index contributed by atoms with van der Waals surface area (Å²) >= 11 is 0. The molecule has 2 aromatic carbocycles. The number of rotatable bonds is 3. The Morgan fingerprint density at radius 1 is 1.24 bits per heavy atom. The van der Waals surface area contributed by atoms with Crippen molar-refractivity contribution in [1.29, 1.82) is 0 Å². The van der Waals surface area contributed by atoms with E-state index in [0.29, 0.717) is 17.0 Å². The molecule has 0 fully saturated rings. The minimum Gasteiger partial charge on any atom is -0.495 e. The topological polar surface area (TPSA) is 64.4 Å². The lowest BCUT2D eigenvalue weighted by molar-refractivity contribution is -0.385. The van der Waals surface area contributed by atoms with Crippen molar-refractivity contribution >= 4 is 11.4 Å². The summed E-state index contributed by atoms with van der Waals surface area (Å²) in [4.78, 5) is 11.2. The summed E-state index contributed by atoms with van der Waals surface area (Å²) in [6.07, 6.45) is 4.91. The molecule has 1 N–H and O–H groups in total. The third kappa shape index (κ3) is 2.45. The number of ether oxygens (including phenoxy) is 1. The van der Waals surface area contributed by atoms with Gasteiger partial charge in [-0.05, 0) is 36.1 Å². The predicted octanol–water partition coefficient (Wildman–Crippen LogP) is 4.57. The second-order valence-corrected chi connectivity index (χ2v) is 6.36. The van der Waals surface area contributed by atoms with E-state index < -0.39 is 0 Å². The predicted molar refractivity (Wildman–Crippen MR) is 92.4 cm³/mol. The molecule has 0 aromatic heterocycles. The monoisotopic (exact) mass is 340 g/mol. The second-order valence-electron chi connectivity index (χ2n) is 6.36. The van der Waals surface area contributed by atoms with Crippen LogP contribution in [0.4, 0.5) is 15.8 Å². The van der Waals surface area contributed by atoms with Gasteiger partial charge in [0.05, 0.1) is 29.3 Å². The zero-order chi connectivity index (χ0) is 17.6. The van der Waals surface area contributed by atoms with Crippen molar-refractivity contribution in [3.8, 4) is 5.75 Å². The lowest BCUT2D eigenvalue weighted by atomic mass is 9.76. The highest BCUT2D eigenvalue weighted by Crippen LogP contribution is 2.54. The number of nitrogens with one attached hydrogen (secondary N) is 1. The van der Waals surface area contributed by atoms with Gasteiger partial charge in [-0.2, -0.15) is 0 Å². The number of fused-ring (bicyclic) bond motifs is 3. The smallest absolute Gasteiger partial charge is 0.275 e. The van der Waals surface area contributed by atoms with Crippen LogP contribution in [0, 0.1) is 21.8 Å². The summed E-state index contributed by atoms with van der Waals surface area (Å²) in [7, 11) is 1.55. The van der Waals surface area contributed by atoms with E-state index in [4.69, 9.17) is 4.74 Å². The van der Waals surface area contributed by atoms with E-state index in [-0.39, 0.29) is 34.3 Å². The van der Waals surface area contributed by atoms with Crippen LogP contribution < -0.4 is 10.1 Å². The number of nitrogens with zero attached hydrogens (tertiary/aromatic N) is 1. The van der Waals surface area contributed by atoms with Gasteiger partial charge in [0.1, 0.15) is 11.6 Å². The third-order valence-corrected chi connectivity index (χ3v) is 5.10. The molecule has 1 heterocycles. The van der Waals surface area contributed by atoms with Crippen molar-refractivity contribution in [3.05, 3.63) is 75.6 Å². The van der Waals surface area contributed by atoms with Crippen molar-refractivity contribution in [2.75, 3.05) is 12.4 Å². The van der Waals surface area contributed by atoms with Crippen LogP contribution in [0.25, 0.3) is 0 Å². The number of hydrogen-bond acceptors (Lipinski definition) is 4. The van der Waals surface area contributed by atoms with Crippen molar-refractivity contribution in [2.24, 2.45) is 5.92 Å². The summed E-state index contributed by atoms with van der Waals surface area (Å²) in [5, 5.41) is 14.9. The highest BCUT2D eigenvalue weighted by Gasteiger charge is 2.42. The molecule has 2 aromatic rings. The molecule has 1 aliphatic heterocycles. The Hall–Kier alpha value is -2.89. The van der Waals surface area contributed by atoms with Crippen LogP contribution in [0.15, 0.2) is 48.6 Å². The number of anilines is 1. The molecule has 6 heteroatoms. The summed E-state index contributed by atoms with van der Waals surface area (Å²) < 4.78 is 18.7. The lowest BCUT2D eigenvalue weighted by Crippen LogP contribution is -2.30. The SMILES string of the molecule is COc1ccc([N+](=O)[O-])c2c1N[C@H](c1ccc(F)cc1)[C@H]1CC=C[C@@H]21. The Kier molecular flexibility index (Phi) is 3.67. The third-order valence-electron chi connectivity index (χ3n) is 5.10. The summed E-state index contributed by atoms with van der Waals surface area (Å²) in [5.74, 6) is 0.367. The van der Waals surface area contributed by atoms with Gasteiger partial charge in [-0.25, -0.2) is 4.39 Å². The van der Waals surface area contributed by atoms with Crippen molar-refractivity contribution in [2.45, 2.75) is 18.4 Å². The average Bonchev–Trinajstić information content (AvgIpc) is 3.10. The van der Waals surface area contributed by atoms with Crippen molar-refractivity contribution in [1.82, 2.24) is 0 Å². The van der Waals surface area contributed by atoms with Gasteiger partial charge in [0.25, 0.3) is 5.69 Å². The highest BCUT2D eigenvalue weighted by atomic mass is 19.1. The first-order chi connectivity index (χ1) is 12.1.